The van der Waals surface area contributed by atoms with Crippen molar-refractivity contribution in [1.29, 1.82) is 0 Å². The lowest BCUT2D eigenvalue weighted by molar-refractivity contribution is 0.228. The van der Waals surface area contributed by atoms with Crippen LogP contribution < -0.4 is 0 Å². The average molecular weight is 195 g/mol. The fraction of sp³-hybridized carbons (Fsp3) is 0.273. The Morgan fingerprint density at radius 3 is 2.92 bits per heavy atom. The molecular weight excluding hydrogens is 184 g/mol. The second-order valence-electron chi connectivity index (χ2n) is 2.70. The molecule has 0 aliphatic heterocycles. The van der Waals surface area contributed by atoms with Crippen molar-refractivity contribution in [3.8, 4) is 11.8 Å². The molecular formula is C11H11ClO. The lowest BCUT2D eigenvalue weighted by Crippen LogP contribution is -1.98. The molecule has 0 heterocycles. The molecule has 13 heavy (non-hydrogen) atoms. The smallest absolute Gasteiger partial charge is 0.114 e. The molecule has 0 radical (unpaired) electrons. The fourth-order valence-corrected chi connectivity index (χ4v) is 1.03. The molecule has 0 amide bonds. The molecule has 1 rings (SSSR count). The van der Waals surface area contributed by atoms with Crippen molar-refractivity contribution in [3.63, 3.8) is 0 Å². The highest BCUT2D eigenvalue weighted by molar-refractivity contribution is 6.30. The highest BCUT2D eigenvalue weighted by Crippen LogP contribution is 2.09. The van der Waals surface area contributed by atoms with Crippen LogP contribution in [0.15, 0.2) is 24.3 Å². The predicted octanol–water partition coefficient (Wildman–Crippen LogP) is 2.46. The Morgan fingerprint density at radius 1 is 1.54 bits per heavy atom. The zero-order chi connectivity index (χ0) is 9.68. The van der Waals surface area contributed by atoms with Gasteiger partial charge in [-0.1, -0.05) is 36.4 Å². The van der Waals surface area contributed by atoms with E-state index in [4.69, 9.17) is 11.6 Å². The monoisotopic (exact) mass is 194 g/mol. The number of rotatable bonds is 1. The van der Waals surface area contributed by atoms with E-state index in [1.165, 1.54) is 0 Å². The molecule has 68 valence electrons. The molecule has 0 saturated heterocycles. The lowest BCUT2D eigenvalue weighted by Gasteiger charge is -1.95. The third kappa shape index (κ3) is 3.50. The molecule has 0 aliphatic rings. The average Bonchev–Trinajstić information content (AvgIpc) is 2.14. The van der Waals surface area contributed by atoms with Gasteiger partial charge in [0, 0.05) is 10.6 Å². The summed E-state index contributed by atoms with van der Waals surface area (Å²) in [5.41, 5.74) is 0.833. The van der Waals surface area contributed by atoms with E-state index in [1.807, 2.05) is 19.1 Å². The summed E-state index contributed by atoms with van der Waals surface area (Å²) in [6.45, 7) is 1.89. The zero-order valence-corrected chi connectivity index (χ0v) is 8.17. The lowest BCUT2D eigenvalue weighted by atomic mass is 10.2. The summed E-state index contributed by atoms with van der Waals surface area (Å²) in [5.74, 6) is 5.57. The maximum absolute atomic E-state index is 9.18. The Labute approximate surface area is 83.4 Å². The Hall–Kier alpha value is -0.970. The Kier molecular flexibility index (Phi) is 3.82. The number of hydrogen-bond donors (Lipinski definition) is 1. The van der Waals surface area contributed by atoms with Gasteiger partial charge in [0.05, 0.1) is 0 Å². The van der Waals surface area contributed by atoms with Crippen LogP contribution in [0.1, 0.15) is 18.9 Å². The Morgan fingerprint density at radius 2 is 2.31 bits per heavy atom. The molecule has 0 aromatic heterocycles. The van der Waals surface area contributed by atoms with Crippen molar-refractivity contribution in [2.75, 3.05) is 0 Å². The van der Waals surface area contributed by atoms with Gasteiger partial charge in [-0.2, -0.15) is 0 Å². The van der Waals surface area contributed by atoms with E-state index >= 15 is 0 Å². The minimum absolute atomic E-state index is 0.543. The summed E-state index contributed by atoms with van der Waals surface area (Å²) in [6.07, 6.45) is 0.104. The molecule has 1 atom stereocenters. The van der Waals surface area contributed by atoms with Crippen LogP contribution >= 0.6 is 11.6 Å². The molecule has 1 N–H and O–H groups in total. The maximum Gasteiger partial charge on any atom is 0.114 e. The highest BCUT2D eigenvalue weighted by atomic mass is 35.5. The first-order chi connectivity index (χ1) is 6.22. The second kappa shape index (κ2) is 4.91. The first kappa shape index (κ1) is 10.1. The van der Waals surface area contributed by atoms with Crippen molar-refractivity contribution in [3.05, 3.63) is 34.9 Å². The molecule has 1 unspecified atom stereocenters. The molecule has 1 nitrogen and oxygen atoms in total. The van der Waals surface area contributed by atoms with Gasteiger partial charge < -0.3 is 5.11 Å². The van der Waals surface area contributed by atoms with E-state index in [1.54, 1.807) is 12.1 Å². The summed E-state index contributed by atoms with van der Waals surface area (Å²) >= 11 is 5.76. The predicted molar refractivity (Wildman–Crippen MR) is 54.6 cm³/mol. The van der Waals surface area contributed by atoms with Crippen LogP contribution in [0.4, 0.5) is 0 Å². The van der Waals surface area contributed by atoms with Crippen LogP contribution in [-0.2, 0) is 0 Å². The van der Waals surface area contributed by atoms with Gasteiger partial charge in [0.1, 0.15) is 6.10 Å². The number of halogens is 1. The van der Waals surface area contributed by atoms with Crippen LogP contribution in [0.25, 0.3) is 0 Å². The van der Waals surface area contributed by atoms with Crippen LogP contribution in [0.2, 0.25) is 5.02 Å². The summed E-state index contributed by atoms with van der Waals surface area (Å²) in [6, 6.07) is 7.27. The van der Waals surface area contributed by atoms with E-state index in [-0.39, 0.29) is 0 Å². The highest BCUT2D eigenvalue weighted by Gasteiger charge is 1.92. The van der Waals surface area contributed by atoms with Crippen LogP contribution in [-0.4, -0.2) is 11.2 Å². The number of aliphatic hydroxyl groups excluding tert-OH is 1. The van der Waals surface area contributed by atoms with Gasteiger partial charge in [0.25, 0.3) is 0 Å². The minimum atomic E-state index is -0.543. The maximum atomic E-state index is 9.18. The van der Waals surface area contributed by atoms with Gasteiger partial charge >= 0.3 is 0 Å². The van der Waals surface area contributed by atoms with Crippen LogP contribution in [0.3, 0.4) is 0 Å². The molecule has 0 fully saturated rings. The van der Waals surface area contributed by atoms with Crippen molar-refractivity contribution < 1.29 is 5.11 Å². The summed E-state index contributed by atoms with van der Waals surface area (Å²) in [7, 11) is 0. The first-order valence-corrected chi connectivity index (χ1v) is 4.55. The normalized spacial score (nSPS) is 11.6. The summed E-state index contributed by atoms with van der Waals surface area (Å²) in [5, 5.41) is 9.85. The SMILES string of the molecule is CCC(O)C#Cc1cccc(Cl)c1. The second-order valence-corrected chi connectivity index (χ2v) is 3.14. The largest absolute Gasteiger partial charge is 0.380 e. The molecule has 1 aromatic rings. The molecule has 0 bridgehead atoms. The molecule has 0 spiro atoms. The fourth-order valence-electron chi connectivity index (χ4n) is 0.835. The van der Waals surface area contributed by atoms with Gasteiger partial charge in [0.15, 0.2) is 0 Å². The van der Waals surface area contributed by atoms with E-state index in [9.17, 15) is 5.11 Å². The van der Waals surface area contributed by atoms with Gasteiger partial charge in [-0.25, -0.2) is 0 Å². The molecule has 1 aromatic carbocycles. The quantitative estimate of drug-likeness (QED) is 0.681. The third-order valence-corrected chi connectivity index (χ3v) is 1.83. The van der Waals surface area contributed by atoms with Crippen molar-refractivity contribution in [2.24, 2.45) is 0 Å². The topological polar surface area (TPSA) is 20.2 Å². The van der Waals surface area contributed by atoms with E-state index in [2.05, 4.69) is 11.8 Å². The number of aliphatic hydroxyl groups is 1. The van der Waals surface area contributed by atoms with Crippen molar-refractivity contribution >= 4 is 11.6 Å². The summed E-state index contributed by atoms with van der Waals surface area (Å²) in [4.78, 5) is 0. The first-order valence-electron chi connectivity index (χ1n) is 4.17. The van der Waals surface area contributed by atoms with Crippen LogP contribution in [0.5, 0.6) is 0 Å². The van der Waals surface area contributed by atoms with Crippen molar-refractivity contribution in [1.82, 2.24) is 0 Å². The van der Waals surface area contributed by atoms with Gasteiger partial charge in [-0.05, 0) is 24.6 Å². The Balaban J connectivity index is 2.77. The summed E-state index contributed by atoms with van der Waals surface area (Å²) < 4.78 is 0. The van der Waals surface area contributed by atoms with E-state index in [0.29, 0.717) is 11.4 Å². The standard InChI is InChI=1S/C11H11ClO/c1-2-11(13)7-6-9-4-3-5-10(12)8-9/h3-5,8,11,13H,2H2,1H3. The van der Waals surface area contributed by atoms with Crippen LogP contribution in [0, 0.1) is 11.8 Å². The molecule has 0 aliphatic carbocycles. The van der Waals surface area contributed by atoms with Crippen molar-refractivity contribution in [2.45, 2.75) is 19.4 Å². The van der Waals surface area contributed by atoms with E-state index in [0.717, 1.165) is 5.56 Å². The van der Waals surface area contributed by atoms with E-state index < -0.39 is 6.10 Å². The zero-order valence-electron chi connectivity index (χ0n) is 7.42. The third-order valence-electron chi connectivity index (χ3n) is 1.59. The minimum Gasteiger partial charge on any atom is -0.380 e. The van der Waals surface area contributed by atoms with Gasteiger partial charge in [-0.15, -0.1) is 0 Å². The number of benzene rings is 1. The van der Waals surface area contributed by atoms with Gasteiger partial charge in [0.2, 0.25) is 0 Å². The van der Waals surface area contributed by atoms with Gasteiger partial charge in [-0.3, -0.25) is 0 Å². The molecule has 2 heteroatoms. The Bertz CT molecular complexity index is 335. The molecule has 0 saturated carbocycles. The number of hydrogen-bond acceptors (Lipinski definition) is 1.